The smallest absolute Gasteiger partial charge is 0.405 e. The zero-order valence-corrected chi connectivity index (χ0v) is 10.6. The average molecular weight is 210 g/mol. The van der Waals surface area contributed by atoms with Crippen LogP contribution >= 0.6 is 0 Å². The fraction of sp³-hybridized carbons (Fsp3) is 0.833. The maximum absolute atomic E-state index is 5.93. The van der Waals surface area contributed by atoms with Gasteiger partial charge in [-0.1, -0.05) is 39.8 Å². The summed E-state index contributed by atoms with van der Waals surface area (Å²) in [5.41, 5.74) is 0. The third kappa shape index (κ3) is 3.35. The van der Waals surface area contributed by atoms with E-state index >= 15 is 0 Å². The van der Waals surface area contributed by atoms with E-state index in [1.165, 1.54) is 0 Å². The molecule has 0 amide bonds. The van der Waals surface area contributed by atoms with E-state index in [1.807, 2.05) is 13.0 Å². The summed E-state index contributed by atoms with van der Waals surface area (Å²) in [6.45, 7) is 10.8. The lowest BCUT2D eigenvalue weighted by Crippen LogP contribution is -2.31. The molecule has 0 aromatic carbocycles. The SMILES string of the molecule is C/C=C/CB1O[C@H](C(C)C)[C@@H](C(C)C)O1. The van der Waals surface area contributed by atoms with Gasteiger partial charge in [-0.3, -0.25) is 0 Å². The van der Waals surface area contributed by atoms with E-state index in [9.17, 15) is 0 Å². The number of allylic oxidation sites excluding steroid dienone is 2. The fourth-order valence-corrected chi connectivity index (χ4v) is 1.97. The lowest BCUT2D eigenvalue weighted by Gasteiger charge is -2.24. The Hall–Kier alpha value is -0.275. The first-order chi connectivity index (χ1) is 7.06. The van der Waals surface area contributed by atoms with Gasteiger partial charge in [-0.15, -0.1) is 0 Å². The average Bonchev–Trinajstić information content (AvgIpc) is 2.58. The Morgan fingerprint density at radius 2 is 1.53 bits per heavy atom. The first-order valence-electron chi connectivity index (χ1n) is 5.98. The molecule has 1 aliphatic heterocycles. The van der Waals surface area contributed by atoms with Gasteiger partial charge in [0, 0.05) is 6.32 Å². The molecule has 1 aliphatic rings. The van der Waals surface area contributed by atoms with Crippen LogP contribution in [0.25, 0.3) is 0 Å². The Morgan fingerprint density at radius 1 is 1.07 bits per heavy atom. The summed E-state index contributed by atoms with van der Waals surface area (Å²) in [6.07, 6.45) is 5.51. The van der Waals surface area contributed by atoms with E-state index in [2.05, 4.69) is 33.8 Å². The molecule has 0 N–H and O–H groups in total. The van der Waals surface area contributed by atoms with Crippen molar-refractivity contribution in [2.45, 2.75) is 53.1 Å². The number of hydrogen-bond acceptors (Lipinski definition) is 2. The molecular weight excluding hydrogens is 187 g/mol. The maximum Gasteiger partial charge on any atom is 0.461 e. The van der Waals surface area contributed by atoms with Crippen molar-refractivity contribution in [1.29, 1.82) is 0 Å². The molecule has 86 valence electrons. The van der Waals surface area contributed by atoms with E-state index in [0.717, 1.165) is 6.32 Å². The molecule has 0 aliphatic carbocycles. The normalized spacial score (nSPS) is 27.5. The highest BCUT2D eigenvalue weighted by Crippen LogP contribution is 2.29. The van der Waals surface area contributed by atoms with Crippen LogP contribution in [0.1, 0.15) is 34.6 Å². The van der Waals surface area contributed by atoms with Gasteiger partial charge in [0.25, 0.3) is 0 Å². The lowest BCUT2D eigenvalue weighted by atomic mass is 9.85. The minimum atomic E-state index is -0.0407. The van der Waals surface area contributed by atoms with Crippen molar-refractivity contribution in [2.75, 3.05) is 0 Å². The maximum atomic E-state index is 5.93. The van der Waals surface area contributed by atoms with Gasteiger partial charge in [-0.25, -0.2) is 0 Å². The summed E-state index contributed by atoms with van der Waals surface area (Å²) in [5, 5.41) is 0. The van der Waals surface area contributed by atoms with Crippen molar-refractivity contribution >= 4 is 7.12 Å². The third-order valence-electron chi connectivity index (χ3n) is 2.82. The molecule has 15 heavy (non-hydrogen) atoms. The standard InChI is InChI=1S/C12H23BO2/c1-6-7-8-13-14-11(9(2)3)12(15-13)10(4)5/h6-7,9-12H,8H2,1-5H3/b7-6+/t11-,12-/m1/s1. The summed E-state index contributed by atoms with van der Waals surface area (Å²) < 4.78 is 11.9. The van der Waals surface area contributed by atoms with Crippen LogP contribution in [-0.2, 0) is 9.31 Å². The van der Waals surface area contributed by atoms with Gasteiger partial charge in [0.15, 0.2) is 0 Å². The van der Waals surface area contributed by atoms with Gasteiger partial charge in [0.05, 0.1) is 12.2 Å². The summed E-state index contributed by atoms with van der Waals surface area (Å²) in [5.74, 6) is 1.04. The predicted octanol–water partition coefficient (Wildman–Crippen LogP) is 3.15. The highest BCUT2D eigenvalue weighted by Gasteiger charge is 2.41. The van der Waals surface area contributed by atoms with Gasteiger partial charge < -0.3 is 9.31 Å². The van der Waals surface area contributed by atoms with Crippen LogP contribution in [0, 0.1) is 11.8 Å². The van der Waals surface area contributed by atoms with E-state index in [1.54, 1.807) is 0 Å². The Morgan fingerprint density at radius 3 is 1.87 bits per heavy atom. The Kier molecular flexibility index (Phi) is 4.87. The molecule has 2 nitrogen and oxygen atoms in total. The monoisotopic (exact) mass is 210 g/mol. The van der Waals surface area contributed by atoms with Crippen LogP contribution in [-0.4, -0.2) is 19.3 Å². The molecule has 0 aromatic rings. The molecule has 0 aromatic heterocycles. The van der Waals surface area contributed by atoms with E-state index in [4.69, 9.17) is 9.31 Å². The molecule has 0 radical (unpaired) electrons. The second-order valence-electron chi connectivity index (χ2n) is 4.92. The molecule has 1 heterocycles. The highest BCUT2D eigenvalue weighted by atomic mass is 16.7. The summed E-state index contributed by atoms with van der Waals surface area (Å²) in [7, 11) is -0.0407. The van der Waals surface area contributed by atoms with Crippen LogP contribution in [0.15, 0.2) is 12.2 Å². The van der Waals surface area contributed by atoms with E-state index in [-0.39, 0.29) is 19.3 Å². The summed E-state index contributed by atoms with van der Waals surface area (Å²) in [6, 6.07) is 0. The van der Waals surface area contributed by atoms with Crippen molar-refractivity contribution in [3.8, 4) is 0 Å². The summed E-state index contributed by atoms with van der Waals surface area (Å²) >= 11 is 0. The van der Waals surface area contributed by atoms with E-state index in [0.29, 0.717) is 11.8 Å². The van der Waals surface area contributed by atoms with Crippen LogP contribution in [0.3, 0.4) is 0 Å². The van der Waals surface area contributed by atoms with Gasteiger partial charge in [-0.05, 0) is 18.8 Å². The highest BCUT2D eigenvalue weighted by molar-refractivity contribution is 6.45. The van der Waals surface area contributed by atoms with Crippen molar-refractivity contribution in [3.63, 3.8) is 0 Å². The van der Waals surface area contributed by atoms with Crippen molar-refractivity contribution in [1.82, 2.24) is 0 Å². The molecule has 1 saturated heterocycles. The minimum absolute atomic E-state index is 0.0407. The first kappa shape index (κ1) is 12.8. The van der Waals surface area contributed by atoms with Crippen molar-refractivity contribution in [2.24, 2.45) is 11.8 Å². The van der Waals surface area contributed by atoms with E-state index < -0.39 is 0 Å². The molecule has 1 rings (SSSR count). The van der Waals surface area contributed by atoms with Crippen LogP contribution < -0.4 is 0 Å². The molecular formula is C12H23BO2. The predicted molar refractivity (Wildman–Crippen MR) is 64.8 cm³/mol. The quantitative estimate of drug-likeness (QED) is 0.524. The molecule has 0 saturated carbocycles. The zero-order chi connectivity index (χ0) is 11.4. The van der Waals surface area contributed by atoms with Gasteiger partial charge in [0.1, 0.15) is 0 Å². The lowest BCUT2D eigenvalue weighted by molar-refractivity contribution is 0.0815. The Bertz CT molecular complexity index is 198. The van der Waals surface area contributed by atoms with Crippen molar-refractivity contribution in [3.05, 3.63) is 12.2 Å². The second-order valence-corrected chi connectivity index (χ2v) is 4.92. The Labute approximate surface area is 94.2 Å². The molecule has 1 fully saturated rings. The largest absolute Gasteiger partial charge is 0.461 e. The Balaban J connectivity index is 2.57. The molecule has 0 unspecified atom stereocenters. The van der Waals surface area contributed by atoms with Gasteiger partial charge >= 0.3 is 7.12 Å². The topological polar surface area (TPSA) is 18.5 Å². The third-order valence-corrected chi connectivity index (χ3v) is 2.82. The second kappa shape index (κ2) is 5.71. The number of rotatable bonds is 4. The minimum Gasteiger partial charge on any atom is -0.405 e. The molecule has 2 atom stereocenters. The molecule has 3 heteroatoms. The van der Waals surface area contributed by atoms with Crippen LogP contribution in [0.2, 0.25) is 6.32 Å². The summed E-state index contributed by atoms with van der Waals surface area (Å²) in [4.78, 5) is 0. The first-order valence-corrected chi connectivity index (χ1v) is 5.98. The molecule has 0 spiro atoms. The van der Waals surface area contributed by atoms with Crippen LogP contribution in [0.4, 0.5) is 0 Å². The van der Waals surface area contributed by atoms with Crippen LogP contribution in [0.5, 0.6) is 0 Å². The number of hydrogen-bond donors (Lipinski definition) is 0. The van der Waals surface area contributed by atoms with Crippen molar-refractivity contribution < 1.29 is 9.31 Å². The zero-order valence-electron chi connectivity index (χ0n) is 10.6. The fourth-order valence-electron chi connectivity index (χ4n) is 1.97. The van der Waals surface area contributed by atoms with Gasteiger partial charge in [0.2, 0.25) is 0 Å². The molecule has 0 bridgehead atoms. The van der Waals surface area contributed by atoms with Gasteiger partial charge in [-0.2, -0.15) is 0 Å².